The van der Waals surface area contributed by atoms with E-state index < -0.39 is 11.6 Å². The second-order valence-electron chi connectivity index (χ2n) is 6.24. The molecule has 4 rings (SSSR count). The van der Waals surface area contributed by atoms with E-state index in [1.165, 1.54) is 19.4 Å². The molecule has 0 saturated carbocycles. The van der Waals surface area contributed by atoms with E-state index in [1.807, 2.05) is 31.2 Å². The maximum absolute atomic E-state index is 14.5. The molecule has 0 radical (unpaired) electrons. The molecule has 0 aliphatic carbocycles. The molecule has 0 atom stereocenters. The van der Waals surface area contributed by atoms with E-state index in [-0.39, 0.29) is 17.1 Å². The maximum Gasteiger partial charge on any atom is 0.173 e. The Labute approximate surface area is 159 Å². The highest BCUT2D eigenvalue weighted by atomic mass is 19.2. The highest BCUT2D eigenvalue weighted by molar-refractivity contribution is 5.67. The van der Waals surface area contributed by atoms with Gasteiger partial charge in [-0.25, -0.2) is 18.7 Å². The van der Waals surface area contributed by atoms with E-state index in [0.717, 1.165) is 23.1 Å². The van der Waals surface area contributed by atoms with Gasteiger partial charge in [-0.15, -0.1) is 0 Å². The Balaban J connectivity index is 1.69. The Morgan fingerprint density at radius 2 is 1.89 bits per heavy atom. The largest absolute Gasteiger partial charge is 0.496 e. The summed E-state index contributed by atoms with van der Waals surface area (Å²) in [6.45, 7) is 1.85. The third-order valence-corrected chi connectivity index (χ3v) is 4.36. The zero-order valence-corrected chi connectivity index (χ0v) is 15.3. The van der Waals surface area contributed by atoms with Crippen LogP contribution in [0.2, 0.25) is 0 Å². The first-order valence-corrected chi connectivity index (χ1v) is 8.59. The number of hydrogen-bond acceptors (Lipinski definition) is 4. The number of benzene rings is 2. The number of aromatic amines is 1. The first-order chi connectivity index (χ1) is 13.6. The number of rotatable bonds is 5. The molecule has 6 nitrogen and oxygen atoms in total. The van der Waals surface area contributed by atoms with Crippen LogP contribution in [0.5, 0.6) is 5.75 Å². The molecule has 0 unspecified atom stereocenters. The summed E-state index contributed by atoms with van der Waals surface area (Å²) >= 11 is 0. The van der Waals surface area contributed by atoms with E-state index in [9.17, 15) is 8.78 Å². The van der Waals surface area contributed by atoms with Crippen molar-refractivity contribution < 1.29 is 13.5 Å². The quantitative estimate of drug-likeness (QED) is 0.570. The first-order valence-electron chi connectivity index (χ1n) is 8.59. The van der Waals surface area contributed by atoms with Gasteiger partial charge < -0.3 is 4.74 Å². The van der Waals surface area contributed by atoms with Crippen LogP contribution in [0.4, 0.5) is 8.78 Å². The fourth-order valence-corrected chi connectivity index (χ4v) is 3.03. The summed E-state index contributed by atoms with van der Waals surface area (Å²) in [6, 6.07) is 10.0. The number of nitrogens with zero attached hydrogens (tertiary/aromatic N) is 4. The zero-order chi connectivity index (χ0) is 19.7. The number of halogens is 2. The van der Waals surface area contributed by atoms with Crippen molar-refractivity contribution in [3.63, 3.8) is 0 Å². The minimum absolute atomic E-state index is 0.0206. The molecule has 0 spiro atoms. The highest BCUT2D eigenvalue weighted by Gasteiger charge is 2.21. The minimum atomic E-state index is -0.997. The van der Waals surface area contributed by atoms with E-state index >= 15 is 0 Å². The lowest BCUT2D eigenvalue weighted by molar-refractivity contribution is 0.408. The molecule has 142 valence electrons. The average Bonchev–Trinajstić information content (AvgIpc) is 3.33. The SMILES string of the molecule is COc1ccc(F)c(F)c1-c1nccn1-c1ccc(Cc2n[nH]c(C)n2)cc1. The number of methoxy groups -OCH3 is 1. The minimum Gasteiger partial charge on any atom is -0.496 e. The van der Waals surface area contributed by atoms with Crippen molar-refractivity contribution in [1.82, 2.24) is 24.7 Å². The average molecular weight is 381 g/mol. The van der Waals surface area contributed by atoms with Crippen molar-refractivity contribution in [2.75, 3.05) is 7.11 Å². The highest BCUT2D eigenvalue weighted by Crippen LogP contribution is 2.34. The lowest BCUT2D eigenvalue weighted by atomic mass is 10.1. The molecule has 28 heavy (non-hydrogen) atoms. The van der Waals surface area contributed by atoms with E-state index in [2.05, 4.69) is 20.2 Å². The van der Waals surface area contributed by atoms with E-state index in [1.54, 1.807) is 10.8 Å². The monoisotopic (exact) mass is 381 g/mol. The number of hydrogen-bond donors (Lipinski definition) is 1. The normalized spacial score (nSPS) is 11.0. The second kappa shape index (κ2) is 7.22. The second-order valence-corrected chi connectivity index (χ2v) is 6.24. The van der Waals surface area contributed by atoms with Gasteiger partial charge in [-0.1, -0.05) is 12.1 Å². The number of aromatic nitrogens is 5. The molecule has 4 aromatic rings. The number of H-pyrrole nitrogens is 1. The number of ether oxygens (including phenoxy) is 1. The van der Waals surface area contributed by atoms with Crippen LogP contribution < -0.4 is 4.74 Å². The van der Waals surface area contributed by atoms with E-state index in [4.69, 9.17) is 4.74 Å². The third-order valence-electron chi connectivity index (χ3n) is 4.36. The third kappa shape index (κ3) is 3.24. The van der Waals surface area contributed by atoms with Gasteiger partial charge in [0.2, 0.25) is 0 Å². The van der Waals surface area contributed by atoms with Gasteiger partial charge in [-0.05, 0) is 36.8 Å². The van der Waals surface area contributed by atoms with Gasteiger partial charge in [-0.2, -0.15) is 5.10 Å². The number of nitrogens with one attached hydrogen (secondary N) is 1. The molecular weight excluding hydrogens is 364 g/mol. The molecule has 0 bridgehead atoms. The van der Waals surface area contributed by atoms with Gasteiger partial charge in [0.1, 0.15) is 11.6 Å². The molecule has 0 saturated heterocycles. The van der Waals surface area contributed by atoms with E-state index in [0.29, 0.717) is 12.2 Å². The van der Waals surface area contributed by atoms with Gasteiger partial charge in [0.15, 0.2) is 23.3 Å². The van der Waals surface area contributed by atoms with Crippen LogP contribution in [0.15, 0.2) is 48.8 Å². The molecule has 0 amide bonds. The fourth-order valence-electron chi connectivity index (χ4n) is 3.03. The molecule has 1 N–H and O–H groups in total. The summed E-state index contributed by atoms with van der Waals surface area (Å²) in [5.41, 5.74) is 1.76. The van der Waals surface area contributed by atoms with Crippen molar-refractivity contribution in [3.8, 4) is 22.8 Å². The van der Waals surface area contributed by atoms with Crippen LogP contribution in [0.25, 0.3) is 17.1 Å². The predicted octanol–water partition coefficient (Wildman–Crippen LogP) is 3.84. The summed E-state index contributed by atoms with van der Waals surface area (Å²) < 4.78 is 35.2. The van der Waals surface area contributed by atoms with Crippen LogP contribution in [0.3, 0.4) is 0 Å². The number of aryl methyl sites for hydroxylation is 1. The zero-order valence-electron chi connectivity index (χ0n) is 15.3. The lowest BCUT2D eigenvalue weighted by Gasteiger charge is -2.13. The Kier molecular flexibility index (Phi) is 4.60. The molecule has 2 aromatic heterocycles. The van der Waals surface area contributed by atoms with Crippen LogP contribution in [-0.4, -0.2) is 31.8 Å². The Morgan fingerprint density at radius 1 is 1.11 bits per heavy atom. The van der Waals surface area contributed by atoms with Crippen LogP contribution in [-0.2, 0) is 6.42 Å². The summed E-state index contributed by atoms with van der Waals surface area (Å²) in [7, 11) is 1.41. The van der Waals surface area contributed by atoms with Crippen molar-refractivity contribution >= 4 is 0 Å². The molecule has 0 aliphatic rings. The van der Waals surface area contributed by atoms with Gasteiger partial charge in [-0.3, -0.25) is 9.67 Å². The van der Waals surface area contributed by atoms with Crippen LogP contribution >= 0.6 is 0 Å². The summed E-state index contributed by atoms with van der Waals surface area (Å²) in [5.74, 6) is -0.0130. The number of imidazole rings is 1. The molecular formula is C20H17F2N5O. The maximum atomic E-state index is 14.5. The van der Waals surface area contributed by atoms with Crippen LogP contribution in [0, 0.1) is 18.6 Å². The van der Waals surface area contributed by atoms with Gasteiger partial charge >= 0.3 is 0 Å². The lowest BCUT2D eigenvalue weighted by Crippen LogP contribution is -2.02. The van der Waals surface area contributed by atoms with Crippen molar-refractivity contribution in [3.05, 3.63) is 77.6 Å². The molecule has 2 heterocycles. The Hall–Kier alpha value is -3.55. The summed E-state index contributed by atoms with van der Waals surface area (Å²) in [4.78, 5) is 8.51. The Morgan fingerprint density at radius 3 is 2.57 bits per heavy atom. The molecule has 0 fully saturated rings. The van der Waals surface area contributed by atoms with Gasteiger partial charge in [0, 0.05) is 24.5 Å². The van der Waals surface area contributed by atoms with Crippen molar-refractivity contribution in [2.45, 2.75) is 13.3 Å². The summed E-state index contributed by atoms with van der Waals surface area (Å²) in [5, 5.41) is 6.95. The smallest absolute Gasteiger partial charge is 0.173 e. The fraction of sp³-hybridized carbons (Fsp3) is 0.150. The predicted molar refractivity (Wildman–Crippen MR) is 99.4 cm³/mol. The first kappa shape index (κ1) is 17.8. The molecule has 0 aliphatic heterocycles. The van der Waals surface area contributed by atoms with Crippen molar-refractivity contribution in [1.29, 1.82) is 0 Å². The van der Waals surface area contributed by atoms with Crippen LogP contribution in [0.1, 0.15) is 17.2 Å². The Bertz CT molecular complexity index is 1120. The standard InChI is InChI=1S/C20H17F2N5O/c1-12-24-17(26-25-12)11-13-3-5-14(6-4-13)27-10-9-23-20(27)18-16(28-2)8-7-15(21)19(18)22/h3-10H,11H2,1-2H3,(H,24,25,26). The molecule has 2 aromatic carbocycles. The van der Waals surface area contributed by atoms with Crippen molar-refractivity contribution in [2.24, 2.45) is 0 Å². The summed E-state index contributed by atoms with van der Waals surface area (Å²) in [6.07, 6.45) is 3.81. The molecule has 8 heteroatoms. The topological polar surface area (TPSA) is 68.6 Å². The van der Waals surface area contributed by atoms with Gasteiger partial charge in [0.05, 0.1) is 12.7 Å². The van der Waals surface area contributed by atoms with Gasteiger partial charge in [0.25, 0.3) is 0 Å².